The summed E-state index contributed by atoms with van der Waals surface area (Å²) in [5, 5.41) is 7.73. The molecule has 5 heteroatoms. The van der Waals surface area contributed by atoms with Crippen LogP contribution in [0.2, 0.25) is 0 Å². The highest BCUT2D eigenvalue weighted by Gasteiger charge is 2.10. The minimum absolute atomic E-state index is 0.731. The van der Waals surface area contributed by atoms with E-state index in [0.717, 1.165) is 34.8 Å². The second kappa shape index (κ2) is 5.44. The molecule has 2 aromatic rings. The molecule has 0 fully saturated rings. The number of benzene rings is 1. The van der Waals surface area contributed by atoms with Crippen molar-refractivity contribution in [3.63, 3.8) is 0 Å². The quantitative estimate of drug-likeness (QED) is 0.912. The maximum Gasteiger partial charge on any atom is 0.148 e. The van der Waals surface area contributed by atoms with Crippen LogP contribution in [0, 0.1) is 6.92 Å². The summed E-state index contributed by atoms with van der Waals surface area (Å²) in [6, 6.07) is 8.21. The summed E-state index contributed by atoms with van der Waals surface area (Å²) in [7, 11) is 0. The van der Waals surface area contributed by atoms with Gasteiger partial charge in [0, 0.05) is 17.6 Å². The Bertz CT molecular complexity index is 531. The zero-order valence-electron chi connectivity index (χ0n) is 10.6. The molecule has 0 aliphatic carbocycles. The van der Waals surface area contributed by atoms with Crippen molar-refractivity contribution >= 4 is 27.4 Å². The molecule has 0 aliphatic rings. The lowest BCUT2D eigenvalue weighted by atomic mass is 10.2. The van der Waals surface area contributed by atoms with E-state index in [4.69, 9.17) is 5.73 Å². The van der Waals surface area contributed by atoms with Crippen molar-refractivity contribution in [3.8, 4) is 0 Å². The average molecular weight is 309 g/mol. The fourth-order valence-corrected chi connectivity index (χ4v) is 2.06. The topological polar surface area (TPSA) is 55.9 Å². The minimum atomic E-state index is 0.731. The Labute approximate surface area is 115 Å². The predicted molar refractivity (Wildman–Crippen MR) is 78.5 cm³/mol. The number of aryl methyl sites for hydroxylation is 2. The summed E-state index contributed by atoms with van der Waals surface area (Å²) in [6.45, 7) is 5.52. The van der Waals surface area contributed by atoms with Crippen molar-refractivity contribution in [2.75, 3.05) is 11.1 Å². The number of anilines is 2. The molecule has 0 radical (unpaired) electrons. The molecule has 1 aromatic carbocycles. The van der Waals surface area contributed by atoms with Crippen LogP contribution >= 0.6 is 15.9 Å². The number of nitrogens with zero attached hydrogens (tertiary/aromatic N) is 2. The molecule has 1 aromatic heterocycles. The molecule has 0 unspecified atom stereocenters. The van der Waals surface area contributed by atoms with Crippen molar-refractivity contribution in [1.29, 1.82) is 0 Å². The zero-order valence-corrected chi connectivity index (χ0v) is 12.2. The number of hydrogen-bond acceptors (Lipinski definition) is 3. The summed E-state index contributed by atoms with van der Waals surface area (Å²) in [5.41, 5.74) is 8.82. The van der Waals surface area contributed by atoms with Crippen LogP contribution in [-0.4, -0.2) is 9.78 Å². The third kappa shape index (κ3) is 2.67. The number of hydrogen-bond donors (Lipinski definition) is 2. The van der Waals surface area contributed by atoms with E-state index < -0.39 is 0 Å². The molecule has 0 aliphatic heterocycles. The lowest BCUT2D eigenvalue weighted by Gasteiger charge is -2.09. The fraction of sp³-hybridized carbons (Fsp3) is 0.308. The van der Waals surface area contributed by atoms with E-state index >= 15 is 0 Å². The molecule has 0 bridgehead atoms. The molecule has 0 saturated heterocycles. The van der Waals surface area contributed by atoms with Crippen LogP contribution < -0.4 is 11.1 Å². The third-order valence-electron chi connectivity index (χ3n) is 2.85. The summed E-state index contributed by atoms with van der Waals surface area (Å²) in [5.74, 6) is 0.901. The number of halogens is 1. The highest BCUT2D eigenvalue weighted by Crippen LogP contribution is 2.22. The Morgan fingerprint density at radius 3 is 2.61 bits per heavy atom. The Morgan fingerprint density at radius 1 is 1.33 bits per heavy atom. The first-order valence-corrected chi connectivity index (χ1v) is 6.72. The van der Waals surface area contributed by atoms with E-state index in [1.54, 1.807) is 0 Å². The number of nitrogens with one attached hydrogen (secondary N) is 1. The summed E-state index contributed by atoms with van der Waals surface area (Å²) < 4.78 is 2.98. The summed E-state index contributed by atoms with van der Waals surface area (Å²) in [6.07, 6.45) is 0. The van der Waals surface area contributed by atoms with Gasteiger partial charge in [-0.3, -0.25) is 0 Å². The van der Waals surface area contributed by atoms with Gasteiger partial charge in [0.1, 0.15) is 5.82 Å². The van der Waals surface area contributed by atoms with Gasteiger partial charge in [-0.05, 0) is 31.5 Å². The molecule has 0 atom stereocenters. The number of aromatic nitrogens is 2. The van der Waals surface area contributed by atoms with Crippen LogP contribution in [0.1, 0.15) is 18.2 Å². The lowest BCUT2D eigenvalue weighted by Crippen LogP contribution is -2.08. The molecule has 3 N–H and O–H groups in total. The van der Waals surface area contributed by atoms with Gasteiger partial charge in [-0.1, -0.05) is 28.1 Å². The normalized spacial score (nSPS) is 10.6. The molecule has 2 rings (SSSR count). The van der Waals surface area contributed by atoms with Crippen LogP contribution in [0.3, 0.4) is 0 Å². The molecular formula is C13H17BrN4. The molecule has 18 heavy (non-hydrogen) atoms. The second-order valence-electron chi connectivity index (χ2n) is 4.14. The van der Waals surface area contributed by atoms with Crippen molar-refractivity contribution < 1.29 is 0 Å². The highest BCUT2D eigenvalue weighted by atomic mass is 79.9. The second-order valence-corrected chi connectivity index (χ2v) is 5.06. The number of nitrogens with two attached hydrogens (primary N) is 1. The molecule has 4 nitrogen and oxygen atoms in total. The van der Waals surface area contributed by atoms with Gasteiger partial charge in [-0.15, -0.1) is 0 Å². The maximum atomic E-state index is 6.01. The first-order valence-electron chi connectivity index (χ1n) is 5.93. The molecule has 1 heterocycles. The van der Waals surface area contributed by atoms with Gasteiger partial charge < -0.3 is 11.1 Å². The fourth-order valence-electron chi connectivity index (χ4n) is 1.80. The molecule has 0 spiro atoms. The van der Waals surface area contributed by atoms with Crippen LogP contribution in [0.5, 0.6) is 0 Å². The van der Waals surface area contributed by atoms with Crippen LogP contribution in [-0.2, 0) is 13.1 Å². The van der Waals surface area contributed by atoms with Gasteiger partial charge in [0.05, 0.1) is 11.4 Å². The predicted octanol–water partition coefficient (Wildman–Crippen LogP) is 3.17. The number of rotatable bonds is 4. The monoisotopic (exact) mass is 308 g/mol. The number of nitrogen functional groups attached to an aromatic ring is 1. The standard InChI is InChI=1S/C13H17BrN4/c1-3-18-13(12(15)9(2)17-18)16-8-10-4-6-11(14)7-5-10/h4-7,16H,3,8,15H2,1-2H3. The molecule has 0 saturated carbocycles. The summed E-state index contributed by atoms with van der Waals surface area (Å²) >= 11 is 3.42. The Morgan fingerprint density at radius 2 is 2.00 bits per heavy atom. The smallest absolute Gasteiger partial charge is 0.148 e. The largest absolute Gasteiger partial charge is 0.394 e. The highest BCUT2D eigenvalue weighted by molar-refractivity contribution is 9.10. The minimum Gasteiger partial charge on any atom is -0.394 e. The van der Waals surface area contributed by atoms with Gasteiger partial charge in [0.25, 0.3) is 0 Å². The molecule has 0 amide bonds. The Balaban J connectivity index is 2.12. The molecular weight excluding hydrogens is 292 g/mol. The SMILES string of the molecule is CCn1nc(C)c(N)c1NCc1ccc(Br)cc1. The third-order valence-corrected chi connectivity index (χ3v) is 3.38. The van der Waals surface area contributed by atoms with E-state index in [9.17, 15) is 0 Å². The first-order chi connectivity index (χ1) is 8.61. The van der Waals surface area contributed by atoms with E-state index in [2.05, 4.69) is 45.4 Å². The van der Waals surface area contributed by atoms with Crippen molar-refractivity contribution in [2.24, 2.45) is 0 Å². The van der Waals surface area contributed by atoms with Crippen LogP contribution in [0.15, 0.2) is 28.7 Å². The van der Waals surface area contributed by atoms with E-state index in [0.29, 0.717) is 0 Å². The molecule has 96 valence electrons. The maximum absolute atomic E-state index is 6.01. The summed E-state index contributed by atoms with van der Waals surface area (Å²) in [4.78, 5) is 0. The Kier molecular flexibility index (Phi) is 3.91. The Hall–Kier alpha value is -1.49. The van der Waals surface area contributed by atoms with E-state index in [-0.39, 0.29) is 0 Å². The first kappa shape index (κ1) is 13.0. The van der Waals surface area contributed by atoms with Gasteiger partial charge in [-0.25, -0.2) is 4.68 Å². The van der Waals surface area contributed by atoms with Gasteiger partial charge >= 0.3 is 0 Å². The van der Waals surface area contributed by atoms with Crippen LogP contribution in [0.25, 0.3) is 0 Å². The van der Waals surface area contributed by atoms with Crippen molar-refractivity contribution in [2.45, 2.75) is 26.9 Å². The van der Waals surface area contributed by atoms with Crippen molar-refractivity contribution in [1.82, 2.24) is 9.78 Å². The van der Waals surface area contributed by atoms with Gasteiger partial charge in [0.2, 0.25) is 0 Å². The lowest BCUT2D eigenvalue weighted by molar-refractivity contribution is 0.657. The van der Waals surface area contributed by atoms with E-state index in [1.807, 2.05) is 23.7 Å². The van der Waals surface area contributed by atoms with Gasteiger partial charge in [-0.2, -0.15) is 5.10 Å². The zero-order chi connectivity index (χ0) is 13.1. The van der Waals surface area contributed by atoms with Crippen LogP contribution in [0.4, 0.5) is 11.5 Å². The van der Waals surface area contributed by atoms with Crippen molar-refractivity contribution in [3.05, 3.63) is 40.0 Å². The van der Waals surface area contributed by atoms with E-state index in [1.165, 1.54) is 5.56 Å². The van der Waals surface area contributed by atoms with Gasteiger partial charge in [0.15, 0.2) is 0 Å². The average Bonchev–Trinajstić information content (AvgIpc) is 2.65.